The Morgan fingerprint density at radius 2 is 1.46 bits per heavy atom. The van der Waals surface area contributed by atoms with Crippen molar-refractivity contribution >= 4 is 56.7 Å². The first-order valence-electron chi connectivity index (χ1n) is 18.3. The number of aromatic nitrogens is 3. The van der Waals surface area contributed by atoms with Gasteiger partial charge in [-0.05, 0) is 54.4 Å². The molecule has 5 rings (SSSR count). The molecule has 3 N–H and O–H groups in total. The van der Waals surface area contributed by atoms with Crippen LogP contribution in [0.15, 0.2) is 85.2 Å². The average Bonchev–Trinajstić information content (AvgIpc) is 3.61. The quantitative estimate of drug-likeness (QED) is 0.0605. The molecule has 3 aromatic carbocycles. The molecule has 3 amide bonds. The number of hydrogen-bond acceptors (Lipinski definition) is 10. The van der Waals surface area contributed by atoms with Gasteiger partial charge in [0.2, 0.25) is 11.1 Å². The molecule has 0 unspecified atom stereocenters. The highest BCUT2D eigenvalue weighted by Gasteiger charge is 2.22. The van der Waals surface area contributed by atoms with Crippen molar-refractivity contribution < 1.29 is 38.1 Å². The number of nitrogens with zero attached hydrogens (tertiary/aromatic N) is 3. The third-order valence-electron chi connectivity index (χ3n) is 8.17. The molecule has 0 bridgehead atoms. The summed E-state index contributed by atoms with van der Waals surface area (Å²) in [6.45, 7) is 10.3. The minimum absolute atomic E-state index is 0.0368. The fourth-order valence-corrected chi connectivity index (χ4v) is 5.34. The largest absolute Gasteiger partial charge is 0.493 e. The van der Waals surface area contributed by atoms with Crippen LogP contribution in [0.3, 0.4) is 0 Å². The Labute approximate surface area is 338 Å². The van der Waals surface area contributed by atoms with Crippen molar-refractivity contribution in [3.05, 3.63) is 102 Å². The molecular weight excluding hydrogens is 752 g/mol. The molecule has 0 atom stereocenters. The van der Waals surface area contributed by atoms with Crippen LogP contribution in [0, 0.1) is 6.92 Å². The summed E-state index contributed by atoms with van der Waals surface area (Å²) < 4.78 is 27.5. The number of methoxy groups -OCH3 is 2. The maximum atomic E-state index is 13.4. The molecule has 57 heavy (non-hydrogen) atoms. The van der Waals surface area contributed by atoms with Gasteiger partial charge in [-0.1, -0.05) is 62.7 Å². The number of carbonyl (C=O) groups is 3. The molecule has 2 aromatic heterocycles. The van der Waals surface area contributed by atoms with Crippen molar-refractivity contribution in [2.75, 3.05) is 76.4 Å². The van der Waals surface area contributed by atoms with E-state index in [9.17, 15) is 14.4 Å². The number of fused-ring (bicyclic) bond motifs is 1. The number of halogens is 1. The van der Waals surface area contributed by atoms with Crippen LogP contribution in [0.1, 0.15) is 37.6 Å². The standard InChI is InChI=1S/C37H42N6O5.C5H9ClO3/c1-25-10-12-28(13-11-25)43-34(21-33(42-43)37(2,3)4)41-36(45)40-31-14-15-32(30-9-7-6-8-29(30)31)48-17-16-26-20-27(23-38-22-26)39-35(44)24-47-19-18-46-5;1-8-2-3-9-4-5(6)7/h6-15,20-23H,16-19,24H2,1-5H3,(H,39,44)(H2,40,41,45);2-4H2,1H3. The van der Waals surface area contributed by atoms with Crippen molar-refractivity contribution in [2.45, 2.75) is 39.5 Å². The number of rotatable bonds is 18. The van der Waals surface area contributed by atoms with E-state index in [4.69, 9.17) is 35.6 Å². The van der Waals surface area contributed by atoms with Crippen molar-refractivity contribution in [1.82, 2.24) is 14.8 Å². The minimum atomic E-state index is -0.480. The van der Waals surface area contributed by atoms with E-state index in [1.54, 1.807) is 31.3 Å². The van der Waals surface area contributed by atoms with Gasteiger partial charge >= 0.3 is 6.03 Å². The number of benzene rings is 3. The Balaban J connectivity index is 0.000000713. The second-order valence-corrected chi connectivity index (χ2v) is 14.2. The van der Waals surface area contributed by atoms with Gasteiger partial charge in [0, 0.05) is 49.1 Å². The summed E-state index contributed by atoms with van der Waals surface area (Å²) in [5.74, 6) is 0.996. The first kappa shape index (κ1) is 44.3. The molecule has 0 aliphatic heterocycles. The van der Waals surface area contributed by atoms with Gasteiger partial charge in [-0.25, -0.2) is 9.48 Å². The third-order valence-corrected chi connectivity index (χ3v) is 8.28. The monoisotopic (exact) mass is 802 g/mol. The van der Waals surface area contributed by atoms with Crippen LogP contribution < -0.4 is 20.7 Å². The number of nitrogens with one attached hydrogen (secondary N) is 3. The zero-order valence-corrected chi connectivity index (χ0v) is 34.0. The molecule has 0 saturated heterocycles. The molecule has 304 valence electrons. The van der Waals surface area contributed by atoms with Crippen molar-refractivity contribution in [3.63, 3.8) is 0 Å². The van der Waals surface area contributed by atoms with E-state index < -0.39 is 5.24 Å². The molecule has 0 aliphatic rings. The molecule has 14 nitrogen and oxygen atoms in total. The smallest absolute Gasteiger partial charge is 0.324 e. The van der Waals surface area contributed by atoms with Crippen LogP contribution in [0.2, 0.25) is 0 Å². The molecular formula is C42H51ClN6O8. The van der Waals surface area contributed by atoms with Crippen LogP contribution in [0.25, 0.3) is 16.5 Å². The average molecular weight is 803 g/mol. The number of urea groups is 1. The second kappa shape index (κ2) is 22.4. The Bertz CT molecular complexity index is 2070. The Morgan fingerprint density at radius 1 is 0.772 bits per heavy atom. The molecule has 15 heteroatoms. The zero-order valence-electron chi connectivity index (χ0n) is 33.2. The lowest BCUT2D eigenvalue weighted by molar-refractivity contribution is -0.121. The molecule has 0 spiro atoms. The van der Waals surface area contributed by atoms with E-state index in [0.29, 0.717) is 62.4 Å². The van der Waals surface area contributed by atoms with Crippen molar-refractivity contribution in [1.29, 1.82) is 0 Å². The molecule has 2 heterocycles. The summed E-state index contributed by atoms with van der Waals surface area (Å²) in [7, 11) is 3.14. The molecule has 0 radical (unpaired) electrons. The maximum Gasteiger partial charge on any atom is 0.324 e. The van der Waals surface area contributed by atoms with Crippen molar-refractivity contribution in [2.24, 2.45) is 0 Å². The van der Waals surface area contributed by atoms with Gasteiger partial charge in [0.15, 0.2) is 0 Å². The molecule has 0 aliphatic carbocycles. The molecule has 0 fully saturated rings. The summed E-state index contributed by atoms with van der Waals surface area (Å²) in [4.78, 5) is 39.8. The maximum absolute atomic E-state index is 13.4. The number of carbonyl (C=O) groups excluding carboxylic acids is 3. The van der Waals surface area contributed by atoms with Crippen LogP contribution >= 0.6 is 11.6 Å². The number of amides is 3. The summed E-state index contributed by atoms with van der Waals surface area (Å²) in [5, 5.41) is 14.9. The van der Waals surface area contributed by atoms with E-state index in [-0.39, 0.29) is 30.6 Å². The zero-order chi connectivity index (χ0) is 41.2. The normalized spacial score (nSPS) is 11.1. The SMILES string of the molecule is COCCOCC(=O)Cl.COCCOCC(=O)Nc1cncc(CCOc2ccc(NC(=O)Nc3cc(C(C)(C)C)nn3-c3ccc(C)cc3)c3ccccc23)c1. The topological polar surface area (TPSA) is 164 Å². The van der Waals surface area contributed by atoms with E-state index in [1.165, 1.54) is 0 Å². The van der Waals surface area contributed by atoms with Crippen LogP contribution in [0.5, 0.6) is 5.75 Å². The highest BCUT2D eigenvalue weighted by molar-refractivity contribution is 6.63. The van der Waals surface area contributed by atoms with E-state index in [2.05, 4.69) is 46.4 Å². The first-order chi connectivity index (χ1) is 27.4. The van der Waals surface area contributed by atoms with Gasteiger partial charge < -0.3 is 34.3 Å². The van der Waals surface area contributed by atoms with Gasteiger partial charge in [0.25, 0.3) is 0 Å². The fourth-order valence-electron chi connectivity index (χ4n) is 5.27. The Kier molecular flexibility index (Phi) is 17.4. The molecule has 5 aromatic rings. The minimum Gasteiger partial charge on any atom is -0.493 e. The fraction of sp³-hybridized carbons (Fsp3) is 0.357. The Morgan fingerprint density at radius 3 is 2.12 bits per heavy atom. The summed E-state index contributed by atoms with van der Waals surface area (Å²) in [6, 6.07) is 22.8. The molecule has 0 saturated carbocycles. The van der Waals surface area contributed by atoms with Gasteiger partial charge in [0.1, 0.15) is 24.8 Å². The van der Waals surface area contributed by atoms with Crippen LogP contribution in [-0.4, -0.2) is 92.4 Å². The van der Waals surface area contributed by atoms with Crippen LogP contribution in [0.4, 0.5) is 22.0 Å². The summed E-state index contributed by atoms with van der Waals surface area (Å²) >= 11 is 4.95. The van der Waals surface area contributed by atoms with Crippen molar-refractivity contribution in [3.8, 4) is 11.4 Å². The number of ether oxygens (including phenoxy) is 5. The number of aryl methyl sites for hydroxylation is 1. The van der Waals surface area contributed by atoms with Gasteiger partial charge in [-0.2, -0.15) is 5.10 Å². The lowest BCUT2D eigenvalue weighted by Gasteiger charge is -2.14. The number of hydrogen-bond donors (Lipinski definition) is 3. The highest BCUT2D eigenvalue weighted by atomic mass is 35.5. The lowest BCUT2D eigenvalue weighted by atomic mass is 9.92. The van der Waals surface area contributed by atoms with E-state index in [1.807, 2.05) is 79.7 Å². The predicted molar refractivity (Wildman–Crippen MR) is 222 cm³/mol. The first-order valence-corrected chi connectivity index (χ1v) is 18.7. The summed E-state index contributed by atoms with van der Waals surface area (Å²) in [6.07, 6.45) is 3.91. The second-order valence-electron chi connectivity index (χ2n) is 13.8. The third kappa shape index (κ3) is 14.6. The number of anilines is 3. The lowest BCUT2D eigenvalue weighted by Crippen LogP contribution is -2.21. The Hall–Kier alpha value is -5.38. The summed E-state index contributed by atoms with van der Waals surface area (Å²) in [5.41, 5.74) is 4.79. The van der Waals surface area contributed by atoms with Crippen LogP contribution in [-0.2, 0) is 40.4 Å². The van der Waals surface area contributed by atoms with Gasteiger partial charge in [-0.15, -0.1) is 0 Å². The van der Waals surface area contributed by atoms with Gasteiger partial charge in [-0.3, -0.25) is 19.9 Å². The van der Waals surface area contributed by atoms with Gasteiger partial charge in [0.05, 0.1) is 62.0 Å². The number of pyridine rings is 1. The predicted octanol–water partition coefficient (Wildman–Crippen LogP) is 7.31. The highest BCUT2D eigenvalue weighted by Crippen LogP contribution is 2.32. The van der Waals surface area contributed by atoms with E-state index >= 15 is 0 Å². The van der Waals surface area contributed by atoms with E-state index in [0.717, 1.165) is 33.3 Å².